The lowest BCUT2D eigenvalue weighted by Crippen LogP contribution is -2.33. The topological polar surface area (TPSA) is 20.3 Å². The third kappa shape index (κ3) is 2.34. The van der Waals surface area contributed by atoms with Gasteiger partial charge in [-0.05, 0) is 18.4 Å². The largest absolute Gasteiger partial charge is 0.370 e. The van der Waals surface area contributed by atoms with Crippen molar-refractivity contribution in [1.29, 1.82) is 0 Å². The van der Waals surface area contributed by atoms with Gasteiger partial charge in [-0.25, -0.2) is 0 Å². The predicted octanol–water partition coefficient (Wildman–Crippen LogP) is 2.58. The summed E-state index contributed by atoms with van der Waals surface area (Å²) < 4.78 is 0. The zero-order valence-corrected chi connectivity index (χ0v) is 9.72. The first-order chi connectivity index (χ1) is 7.31. The third-order valence-corrected chi connectivity index (χ3v) is 3.53. The molecule has 1 saturated heterocycles. The monoisotopic (exact) mass is 221 g/mol. The maximum Gasteiger partial charge on any atom is 0.136 e. The van der Waals surface area contributed by atoms with Gasteiger partial charge in [-0.2, -0.15) is 0 Å². The molecule has 0 saturated carbocycles. The van der Waals surface area contributed by atoms with E-state index in [2.05, 4.69) is 35.4 Å². The van der Waals surface area contributed by atoms with Crippen LogP contribution in [-0.2, 0) is 4.79 Å². The van der Waals surface area contributed by atoms with Crippen LogP contribution in [-0.4, -0.2) is 25.1 Å². The second-order valence-electron chi connectivity index (χ2n) is 3.70. The lowest BCUT2D eigenvalue weighted by atomic mass is 10.1. The van der Waals surface area contributed by atoms with Gasteiger partial charge in [-0.3, -0.25) is 4.79 Å². The molecule has 0 amide bonds. The molecule has 0 bridgehead atoms. The number of piperidine rings is 1. The highest BCUT2D eigenvalue weighted by Gasteiger charge is 2.17. The molecule has 0 radical (unpaired) electrons. The molecule has 1 aromatic carbocycles. The average Bonchev–Trinajstić information content (AvgIpc) is 2.30. The SMILES string of the molecule is CSc1ccccc1N1CCC(=O)CC1. The third-order valence-electron chi connectivity index (χ3n) is 2.75. The van der Waals surface area contributed by atoms with Crippen LogP contribution in [0.2, 0.25) is 0 Å². The van der Waals surface area contributed by atoms with Crippen molar-refractivity contribution in [3.8, 4) is 0 Å². The van der Waals surface area contributed by atoms with Crippen LogP contribution in [0.4, 0.5) is 5.69 Å². The Kier molecular flexibility index (Phi) is 3.31. The van der Waals surface area contributed by atoms with Crippen LogP contribution in [0.15, 0.2) is 29.2 Å². The summed E-state index contributed by atoms with van der Waals surface area (Å²) in [5.41, 5.74) is 1.28. The van der Waals surface area contributed by atoms with Crippen LogP contribution in [0, 0.1) is 0 Å². The van der Waals surface area contributed by atoms with E-state index in [0.29, 0.717) is 18.6 Å². The van der Waals surface area contributed by atoms with Gasteiger partial charge >= 0.3 is 0 Å². The van der Waals surface area contributed by atoms with Gasteiger partial charge in [0.25, 0.3) is 0 Å². The quantitative estimate of drug-likeness (QED) is 0.716. The number of benzene rings is 1. The molecule has 2 rings (SSSR count). The maximum absolute atomic E-state index is 11.2. The molecule has 3 heteroatoms. The molecular formula is C12H15NOS. The smallest absolute Gasteiger partial charge is 0.136 e. The fraction of sp³-hybridized carbons (Fsp3) is 0.417. The molecule has 1 fully saturated rings. The molecule has 80 valence electrons. The Labute approximate surface area is 94.7 Å². The molecule has 1 heterocycles. The van der Waals surface area contributed by atoms with Crippen molar-refractivity contribution in [3.05, 3.63) is 24.3 Å². The minimum atomic E-state index is 0.396. The fourth-order valence-corrected chi connectivity index (χ4v) is 2.51. The summed E-state index contributed by atoms with van der Waals surface area (Å²) in [7, 11) is 0. The van der Waals surface area contributed by atoms with E-state index in [4.69, 9.17) is 0 Å². The molecule has 1 aliphatic heterocycles. The summed E-state index contributed by atoms with van der Waals surface area (Å²) >= 11 is 1.76. The Balaban J connectivity index is 2.18. The van der Waals surface area contributed by atoms with E-state index in [-0.39, 0.29) is 0 Å². The second-order valence-corrected chi connectivity index (χ2v) is 4.55. The van der Waals surface area contributed by atoms with E-state index < -0.39 is 0 Å². The van der Waals surface area contributed by atoms with Crippen molar-refractivity contribution < 1.29 is 4.79 Å². The molecule has 1 aliphatic rings. The lowest BCUT2D eigenvalue weighted by Gasteiger charge is -2.29. The first-order valence-electron chi connectivity index (χ1n) is 5.21. The van der Waals surface area contributed by atoms with Gasteiger partial charge in [0.05, 0.1) is 5.69 Å². The van der Waals surface area contributed by atoms with Gasteiger partial charge < -0.3 is 4.90 Å². The van der Waals surface area contributed by atoms with Crippen molar-refractivity contribution in [2.24, 2.45) is 0 Å². The Morgan fingerprint density at radius 1 is 1.20 bits per heavy atom. The van der Waals surface area contributed by atoms with Crippen molar-refractivity contribution in [2.45, 2.75) is 17.7 Å². The predicted molar refractivity (Wildman–Crippen MR) is 64.7 cm³/mol. The van der Waals surface area contributed by atoms with Crippen molar-refractivity contribution in [1.82, 2.24) is 0 Å². The number of thioether (sulfide) groups is 1. The van der Waals surface area contributed by atoms with Gasteiger partial charge in [0, 0.05) is 30.8 Å². The summed E-state index contributed by atoms with van der Waals surface area (Å²) in [5.74, 6) is 0.396. The Morgan fingerprint density at radius 2 is 1.87 bits per heavy atom. The number of para-hydroxylation sites is 1. The summed E-state index contributed by atoms with van der Waals surface area (Å²) in [4.78, 5) is 14.8. The standard InChI is InChI=1S/C12H15NOS/c1-15-12-5-3-2-4-11(12)13-8-6-10(14)7-9-13/h2-5H,6-9H2,1H3. The molecule has 15 heavy (non-hydrogen) atoms. The number of carbonyl (C=O) groups is 1. The first kappa shape index (κ1) is 10.6. The molecule has 0 N–H and O–H groups in total. The van der Waals surface area contributed by atoms with Crippen molar-refractivity contribution in [2.75, 3.05) is 24.2 Å². The van der Waals surface area contributed by atoms with Crippen LogP contribution in [0.5, 0.6) is 0 Å². The van der Waals surface area contributed by atoms with Crippen molar-refractivity contribution in [3.63, 3.8) is 0 Å². The highest BCUT2D eigenvalue weighted by molar-refractivity contribution is 7.98. The van der Waals surface area contributed by atoms with Gasteiger partial charge in [0.15, 0.2) is 0 Å². The molecule has 0 atom stereocenters. The van der Waals surface area contributed by atoms with Crippen LogP contribution < -0.4 is 4.90 Å². The highest BCUT2D eigenvalue weighted by atomic mass is 32.2. The maximum atomic E-state index is 11.2. The van der Waals surface area contributed by atoms with Crippen LogP contribution >= 0.6 is 11.8 Å². The number of hydrogen-bond acceptors (Lipinski definition) is 3. The molecule has 0 spiro atoms. The number of Topliss-reactive ketones (excluding diaryl/α,β-unsaturated/α-hetero) is 1. The van der Waals surface area contributed by atoms with Gasteiger partial charge in [-0.15, -0.1) is 11.8 Å². The minimum absolute atomic E-state index is 0.396. The lowest BCUT2D eigenvalue weighted by molar-refractivity contribution is -0.119. The number of nitrogens with zero attached hydrogens (tertiary/aromatic N) is 1. The van der Waals surface area contributed by atoms with E-state index in [9.17, 15) is 4.79 Å². The minimum Gasteiger partial charge on any atom is -0.370 e. The average molecular weight is 221 g/mol. The van der Waals surface area contributed by atoms with E-state index in [1.54, 1.807) is 11.8 Å². The van der Waals surface area contributed by atoms with E-state index in [1.165, 1.54) is 10.6 Å². The zero-order valence-electron chi connectivity index (χ0n) is 8.90. The van der Waals surface area contributed by atoms with Gasteiger partial charge in [0.2, 0.25) is 0 Å². The molecule has 2 nitrogen and oxygen atoms in total. The number of hydrogen-bond donors (Lipinski definition) is 0. The molecule has 0 aromatic heterocycles. The van der Waals surface area contributed by atoms with Crippen LogP contribution in [0.3, 0.4) is 0 Å². The fourth-order valence-electron chi connectivity index (χ4n) is 1.89. The van der Waals surface area contributed by atoms with Crippen molar-refractivity contribution >= 4 is 23.2 Å². The van der Waals surface area contributed by atoms with Gasteiger partial charge in [-0.1, -0.05) is 12.1 Å². The first-order valence-corrected chi connectivity index (χ1v) is 6.43. The number of carbonyl (C=O) groups excluding carboxylic acids is 1. The summed E-state index contributed by atoms with van der Waals surface area (Å²) in [6.07, 6.45) is 3.49. The molecule has 1 aromatic rings. The zero-order chi connectivity index (χ0) is 10.7. The Hall–Kier alpha value is -0.960. The molecular weight excluding hydrogens is 206 g/mol. The second kappa shape index (κ2) is 4.71. The molecule has 0 aliphatic carbocycles. The normalized spacial score (nSPS) is 16.9. The Morgan fingerprint density at radius 3 is 2.53 bits per heavy atom. The van der Waals surface area contributed by atoms with E-state index in [0.717, 1.165) is 13.1 Å². The van der Waals surface area contributed by atoms with Crippen LogP contribution in [0.25, 0.3) is 0 Å². The van der Waals surface area contributed by atoms with E-state index in [1.807, 2.05) is 0 Å². The summed E-state index contributed by atoms with van der Waals surface area (Å²) in [6.45, 7) is 1.74. The van der Waals surface area contributed by atoms with E-state index >= 15 is 0 Å². The molecule has 0 unspecified atom stereocenters. The highest BCUT2D eigenvalue weighted by Crippen LogP contribution is 2.29. The number of rotatable bonds is 2. The summed E-state index contributed by atoms with van der Waals surface area (Å²) in [5, 5.41) is 0. The Bertz CT molecular complexity index is 354. The summed E-state index contributed by atoms with van der Waals surface area (Å²) in [6, 6.07) is 8.40. The number of anilines is 1. The van der Waals surface area contributed by atoms with Crippen LogP contribution in [0.1, 0.15) is 12.8 Å². The van der Waals surface area contributed by atoms with Gasteiger partial charge in [0.1, 0.15) is 5.78 Å². The number of ketones is 1.